The summed E-state index contributed by atoms with van der Waals surface area (Å²) in [6.07, 6.45) is 1.46. The van der Waals surface area contributed by atoms with E-state index in [9.17, 15) is 9.18 Å². The summed E-state index contributed by atoms with van der Waals surface area (Å²) < 4.78 is 29.4. The van der Waals surface area contributed by atoms with Crippen molar-refractivity contribution in [2.75, 3.05) is 50.1 Å². The van der Waals surface area contributed by atoms with E-state index in [0.29, 0.717) is 55.8 Å². The van der Waals surface area contributed by atoms with Gasteiger partial charge in [0.25, 0.3) is 0 Å². The van der Waals surface area contributed by atoms with Crippen molar-refractivity contribution in [3.05, 3.63) is 41.5 Å². The number of morpholine rings is 1. The Kier molecular flexibility index (Phi) is 8.14. The smallest absolute Gasteiger partial charge is 0.410 e. The van der Waals surface area contributed by atoms with Crippen molar-refractivity contribution in [1.82, 2.24) is 34.2 Å². The Morgan fingerprint density at radius 1 is 1.13 bits per heavy atom. The maximum atomic E-state index is 14.1. The molecule has 1 aromatic carbocycles. The summed E-state index contributed by atoms with van der Waals surface area (Å²) in [4.78, 5) is 31.7. The zero-order valence-corrected chi connectivity index (χ0v) is 27.1. The Morgan fingerprint density at radius 3 is 2.67 bits per heavy atom. The van der Waals surface area contributed by atoms with E-state index >= 15 is 0 Å². The fraction of sp³-hybridized carbons (Fsp3) is 0.531. The monoisotopic (exact) mass is 619 g/mol. The number of ether oxygens (including phenoxy) is 2. The lowest BCUT2D eigenvalue weighted by Gasteiger charge is -2.34. The van der Waals surface area contributed by atoms with Crippen LogP contribution >= 0.6 is 0 Å². The van der Waals surface area contributed by atoms with Crippen molar-refractivity contribution in [3.8, 4) is 17.2 Å². The molecular weight excluding hydrogens is 577 g/mol. The van der Waals surface area contributed by atoms with Crippen LogP contribution in [0, 0.1) is 19.7 Å². The minimum Gasteiger partial charge on any atom is -0.444 e. The number of halogens is 1. The first-order chi connectivity index (χ1) is 21.4. The largest absolute Gasteiger partial charge is 0.444 e. The van der Waals surface area contributed by atoms with Gasteiger partial charge in [0.1, 0.15) is 17.2 Å². The molecular formula is C32H42FN9O3. The van der Waals surface area contributed by atoms with Gasteiger partial charge in [0, 0.05) is 50.1 Å². The van der Waals surface area contributed by atoms with E-state index < -0.39 is 5.60 Å². The van der Waals surface area contributed by atoms with Crippen molar-refractivity contribution in [2.24, 2.45) is 0 Å². The van der Waals surface area contributed by atoms with Crippen LogP contribution in [0.15, 0.2) is 24.3 Å². The summed E-state index contributed by atoms with van der Waals surface area (Å²) in [5.41, 5.74) is 4.06. The molecule has 0 aliphatic carbocycles. The van der Waals surface area contributed by atoms with Crippen LogP contribution < -0.4 is 10.2 Å². The number of aryl methyl sites for hydroxylation is 1. The number of benzene rings is 1. The van der Waals surface area contributed by atoms with Crippen LogP contribution in [0.1, 0.15) is 58.0 Å². The molecule has 2 aliphatic rings. The third-order valence-electron chi connectivity index (χ3n) is 8.38. The molecule has 2 atom stereocenters. The quantitative estimate of drug-likeness (QED) is 0.319. The van der Waals surface area contributed by atoms with Gasteiger partial charge in [-0.1, -0.05) is 0 Å². The number of nitrogens with zero attached hydrogens (tertiary/aromatic N) is 8. The molecule has 1 N–H and O–H groups in total. The van der Waals surface area contributed by atoms with Gasteiger partial charge in [-0.3, -0.25) is 4.68 Å². The highest BCUT2D eigenvalue weighted by atomic mass is 19.1. The zero-order chi connectivity index (χ0) is 32.0. The van der Waals surface area contributed by atoms with Crippen molar-refractivity contribution in [1.29, 1.82) is 0 Å². The second-order valence-electron chi connectivity index (χ2n) is 12.9. The summed E-state index contributed by atoms with van der Waals surface area (Å²) >= 11 is 0. The van der Waals surface area contributed by atoms with Crippen LogP contribution in [0.4, 0.5) is 21.0 Å². The lowest BCUT2D eigenvalue weighted by Crippen LogP contribution is -2.44. The molecule has 1 amide bonds. The number of piperidine rings is 1. The molecule has 3 aromatic heterocycles. The second kappa shape index (κ2) is 11.9. The highest BCUT2D eigenvalue weighted by molar-refractivity contribution is 5.81. The molecule has 0 radical (unpaired) electrons. The van der Waals surface area contributed by atoms with Crippen LogP contribution in [-0.2, 0) is 9.47 Å². The second-order valence-corrected chi connectivity index (χ2v) is 12.9. The first kappa shape index (κ1) is 30.8. The molecule has 12 nitrogen and oxygen atoms in total. The molecule has 6 rings (SSSR count). The maximum Gasteiger partial charge on any atom is 0.410 e. The Bertz CT molecular complexity index is 1730. The van der Waals surface area contributed by atoms with Crippen molar-refractivity contribution in [2.45, 2.75) is 72.1 Å². The number of carbonyl (C=O) groups is 1. The number of anilines is 2. The van der Waals surface area contributed by atoms with E-state index in [4.69, 9.17) is 24.5 Å². The molecule has 45 heavy (non-hydrogen) atoms. The number of fused-ring (bicyclic) bond motifs is 1. The SMILES string of the molecule is CNc1nc2cc(F)ccc2n1-c1nc(-c2c(C)nn(C3CCCN(C(=O)OC(C)(C)C)C3)c2C)cc(N2CCOC[C@H]2C)n1. The number of hydrogen-bond donors (Lipinski definition) is 1. The Hall–Kier alpha value is -4.26. The number of amides is 1. The molecule has 1 unspecified atom stereocenters. The minimum absolute atomic E-state index is 0.00199. The fourth-order valence-electron chi connectivity index (χ4n) is 6.32. The molecule has 13 heteroatoms. The van der Waals surface area contributed by atoms with Crippen molar-refractivity contribution < 1.29 is 18.7 Å². The summed E-state index contributed by atoms with van der Waals surface area (Å²) in [6.45, 7) is 14.8. The van der Waals surface area contributed by atoms with Gasteiger partial charge in [-0.25, -0.2) is 23.7 Å². The molecule has 2 fully saturated rings. The highest BCUT2D eigenvalue weighted by Crippen LogP contribution is 2.34. The van der Waals surface area contributed by atoms with E-state index in [1.165, 1.54) is 12.1 Å². The van der Waals surface area contributed by atoms with Gasteiger partial charge in [0.15, 0.2) is 0 Å². The van der Waals surface area contributed by atoms with E-state index in [1.54, 1.807) is 18.0 Å². The molecule has 0 spiro atoms. The van der Waals surface area contributed by atoms with Crippen LogP contribution in [-0.4, -0.2) is 91.8 Å². The standard InChI is InChI=1S/C32H42FN9O3/c1-19-18-44-14-13-40(19)27-16-25(36-30(37-27)41-26-11-10-22(33)15-24(26)35-29(41)34-7)28-20(2)38-42(21(28)3)23-9-8-12-39(17-23)31(43)45-32(4,5)6/h10-11,15-16,19,23H,8-9,12-14,17-18H2,1-7H3,(H,34,35)/t19-,23?/m1/s1. The predicted octanol–water partition coefficient (Wildman–Crippen LogP) is 5.27. The molecule has 4 aromatic rings. The van der Waals surface area contributed by atoms with Gasteiger partial charge in [-0.2, -0.15) is 10.1 Å². The van der Waals surface area contributed by atoms with Gasteiger partial charge in [0.05, 0.1) is 47.7 Å². The predicted molar refractivity (Wildman–Crippen MR) is 171 cm³/mol. The number of nitrogens with one attached hydrogen (secondary N) is 1. The minimum atomic E-state index is -0.558. The summed E-state index contributed by atoms with van der Waals surface area (Å²) in [7, 11) is 1.77. The lowest BCUT2D eigenvalue weighted by molar-refractivity contribution is 0.0166. The number of rotatable bonds is 5. The van der Waals surface area contributed by atoms with Crippen LogP contribution in [0.2, 0.25) is 0 Å². The average molecular weight is 620 g/mol. The molecule has 0 saturated carbocycles. The summed E-state index contributed by atoms with van der Waals surface area (Å²) in [5.74, 6) is 1.32. The van der Waals surface area contributed by atoms with Crippen molar-refractivity contribution >= 4 is 28.9 Å². The van der Waals surface area contributed by atoms with Gasteiger partial charge in [-0.05, 0) is 66.5 Å². The topological polar surface area (TPSA) is 115 Å². The van der Waals surface area contributed by atoms with Crippen LogP contribution in [0.25, 0.3) is 28.2 Å². The molecule has 5 heterocycles. The number of hydrogen-bond acceptors (Lipinski definition) is 9. The normalized spacial score (nSPS) is 19.3. The number of imidazole rings is 1. The van der Waals surface area contributed by atoms with Gasteiger partial charge in [0.2, 0.25) is 11.9 Å². The first-order valence-electron chi connectivity index (χ1n) is 15.6. The Labute approximate surface area is 262 Å². The third-order valence-corrected chi connectivity index (χ3v) is 8.38. The van der Waals surface area contributed by atoms with Gasteiger partial charge in [-0.15, -0.1) is 0 Å². The maximum absolute atomic E-state index is 14.1. The van der Waals surface area contributed by atoms with Crippen molar-refractivity contribution in [3.63, 3.8) is 0 Å². The van der Waals surface area contributed by atoms with Gasteiger partial charge >= 0.3 is 6.09 Å². The highest BCUT2D eigenvalue weighted by Gasteiger charge is 2.31. The van der Waals surface area contributed by atoms with E-state index in [2.05, 4.69) is 29.0 Å². The summed E-state index contributed by atoms with van der Waals surface area (Å²) in [5, 5.41) is 8.12. The molecule has 2 aliphatic heterocycles. The van der Waals surface area contributed by atoms with E-state index in [-0.39, 0.29) is 24.0 Å². The molecule has 0 bridgehead atoms. The van der Waals surface area contributed by atoms with Crippen LogP contribution in [0.3, 0.4) is 0 Å². The van der Waals surface area contributed by atoms with E-state index in [1.807, 2.05) is 43.0 Å². The number of aromatic nitrogens is 6. The molecule has 240 valence electrons. The van der Waals surface area contributed by atoms with E-state index in [0.717, 1.165) is 41.3 Å². The lowest BCUT2D eigenvalue weighted by atomic mass is 10.0. The molecule has 2 saturated heterocycles. The number of carbonyl (C=O) groups excluding carboxylic acids is 1. The summed E-state index contributed by atoms with van der Waals surface area (Å²) in [6, 6.07) is 6.64. The Balaban J connectivity index is 1.44. The fourth-order valence-corrected chi connectivity index (χ4v) is 6.32. The average Bonchev–Trinajstić information content (AvgIpc) is 3.51. The third kappa shape index (κ3) is 6.05. The Morgan fingerprint density at radius 2 is 1.93 bits per heavy atom. The van der Waals surface area contributed by atoms with Gasteiger partial charge < -0.3 is 24.6 Å². The number of likely N-dealkylation sites (tertiary alicyclic amines) is 1. The first-order valence-corrected chi connectivity index (χ1v) is 15.6. The zero-order valence-electron chi connectivity index (χ0n) is 27.1. The van der Waals surface area contributed by atoms with Crippen LogP contribution in [0.5, 0.6) is 0 Å².